The van der Waals surface area contributed by atoms with Crippen molar-refractivity contribution < 1.29 is 4.79 Å². The Labute approximate surface area is 128 Å². The molecule has 0 aromatic carbocycles. The molecule has 0 aliphatic rings. The lowest BCUT2D eigenvalue weighted by Crippen LogP contribution is -2.15. The molecule has 0 saturated heterocycles. The van der Waals surface area contributed by atoms with Crippen LogP contribution in [0.25, 0.3) is 5.82 Å². The lowest BCUT2D eigenvalue weighted by atomic mass is 10.3. The molecule has 0 atom stereocenters. The highest BCUT2D eigenvalue weighted by molar-refractivity contribution is 9.10. The van der Waals surface area contributed by atoms with Gasteiger partial charge < -0.3 is 5.32 Å². The van der Waals surface area contributed by atoms with Gasteiger partial charge in [0.1, 0.15) is 24.2 Å². The highest BCUT2D eigenvalue weighted by atomic mass is 79.9. The van der Waals surface area contributed by atoms with E-state index in [1.807, 2.05) is 0 Å². The van der Waals surface area contributed by atoms with Crippen molar-refractivity contribution in [3.8, 4) is 5.82 Å². The fourth-order valence-electron chi connectivity index (χ4n) is 1.68. The summed E-state index contributed by atoms with van der Waals surface area (Å²) in [6.45, 7) is 0. The van der Waals surface area contributed by atoms with Gasteiger partial charge in [-0.1, -0.05) is 0 Å². The summed E-state index contributed by atoms with van der Waals surface area (Å²) in [4.78, 5) is 20.5. The van der Waals surface area contributed by atoms with Crippen LogP contribution < -0.4 is 5.32 Å². The average Bonchev–Trinajstić information content (AvgIpc) is 3.03. The van der Waals surface area contributed by atoms with Gasteiger partial charge in [-0.25, -0.2) is 4.98 Å². The van der Waals surface area contributed by atoms with E-state index >= 15 is 0 Å². The zero-order valence-electron chi connectivity index (χ0n) is 10.6. The van der Waals surface area contributed by atoms with Crippen molar-refractivity contribution in [2.45, 2.75) is 0 Å². The van der Waals surface area contributed by atoms with Gasteiger partial charge in [0.25, 0.3) is 5.91 Å². The van der Waals surface area contributed by atoms with Gasteiger partial charge in [-0.15, -0.1) is 10.2 Å². The van der Waals surface area contributed by atoms with Crippen molar-refractivity contribution in [1.82, 2.24) is 24.7 Å². The Hall–Kier alpha value is -2.61. The van der Waals surface area contributed by atoms with Gasteiger partial charge in [-0.05, 0) is 40.2 Å². The number of carbonyl (C=O) groups excluding carboxylic acids is 1. The summed E-state index contributed by atoms with van der Waals surface area (Å²) in [6, 6.07) is 7.00. The summed E-state index contributed by atoms with van der Waals surface area (Å²) < 4.78 is 2.22. The van der Waals surface area contributed by atoms with Gasteiger partial charge in [0, 0.05) is 10.7 Å². The number of anilines is 1. The fraction of sp³-hybridized carbons (Fsp3) is 0. The summed E-state index contributed by atoms with van der Waals surface area (Å²) >= 11 is 3.33. The van der Waals surface area contributed by atoms with E-state index in [9.17, 15) is 4.79 Å². The summed E-state index contributed by atoms with van der Waals surface area (Å²) in [5.74, 6) is 0.226. The van der Waals surface area contributed by atoms with E-state index < -0.39 is 0 Å². The van der Waals surface area contributed by atoms with Crippen molar-refractivity contribution in [2.75, 3.05) is 5.32 Å². The molecule has 3 aromatic rings. The van der Waals surface area contributed by atoms with E-state index in [2.05, 4.69) is 41.4 Å². The van der Waals surface area contributed by atoms with E-state index in [0.717, 1.165) is 0 Å². The monoisotopic (exact) mass is 344 g/mol. The molecule has 3 heterocycles. The van der Waals surface area contributed by atoms with Crippen LogP contribution in [-0.4, -0.2) is 30.6 Å². The lowest BCUT2D eigenvalue weighted by Gasteiger charge is -2.08. The van der Waals surface area contributed by atoms with E-state index in [0.29, 0.717) is 16.0 Å². The van der Waals surface area contributed by atoms with Crippen LogP contribution in [-0.2, 0) is 0 Å². The third-order valence-electron chi connectivity index (χ3n) is 2.65. The Morgan fingerprint density at radius 3 is 2.71 bits per heavy atom. The van der Waals surface area contributed by atoms with Crippen LogP contribution in [0.3, 0.4) is 0 Å². The number of halogens is 1. The topological polar surface area (TPSA) is 85.6 Å². The van der Waals surface area contributed by atoms with Crippen molar-refractivity contribution in [2.24, 2.45) is 0 Å². The fourth-order valence-corrected chi connectivity index (χ4v) is 2.08. The Bertz CT molecular complexity index is 760. The van der Waals surface area contributed by atoms with Gasteiger partial charge in [0.05, 0.1) is 11.9 Å². The molecular weight excluding hydrogens is 336 g/mol. The molecule has 7 nitrogen and oxygen atoms in total. The SMILES string of the molecule is O=C(Nc1cccnc1)c1nc(-n2cnnc2)ccc1Br. The van der Waals surface area contributed by atoms with Crippen LogP contribution in [0, 0.1) is 0 Å². The molecule has 1 N–H and O–H groups in total. The Balaban J connectivity index is 1.91. The summed E-state index contributed by atoms with van der Waals surface area (Å²) in [5.41, 5.74) is 0.871. The molecule has 1 amide bonds. The predicted molar refractivity (Wildman–Crippen MR) is 79.0 cm³/mol. The van der Waals surface area contributed by atoms with Crippen molar-refractivity contribution in [1.29, 1.82) is 0 Å². The number of nitrogens with one attached hydrogen (secondary N) is 1. The van der Waals surface area contributed by atoms with Gasteiger partial charge >= 0.3 is 0 Å². The van der Waals surface area contributed by atoms with Gasteiger partial charge in [0.2, 0.25) is 0 Å². The first-order valence-electron chi connectivity index (χ1n) is 5.97. The molecule has 8 heteroatoms. The first kappa shape index (κ1) is 13.4. The number of pyridine rings is 2. The minimum absolute atomic E-state index is 0.269. The third-order valence-corrected chi connectivity index (χ3v) is 3.29. The highest BCUT2D eigenvalue weighted by Crippen LogP contribution is 2.18. The van der Waals surface area contributed by atoms with Gasteiger partial charge in [-0.3, -0.25) is 14.3 Å². The highest BCUT2D eigenvalue weighted by Gasteiger charge is 2.14. The van der Waals surface area contributed by atoms with E-state index in [4.69, 9.17) is 0 Å². The smallest absolute Gasteiger partial charge is 0.275 e. The van der Waals surface area contributed by atoms with Crippen LogP contribution >= 0.6 is 15.9 Å². The molecule has 0 spiro atoms. The Morgan fingerprint density at radius 1 is 1.19 bits per heavy atom. The number of aromatic nitrogens is 5. The van der Waals surface area contributed by atoms with Crippen molar-refractivity contribution >= 4 is 27.5 Å². The number of amides is 1. The maximum Gasteiger partial charge on any atom is 0.275 e. The molecule has 0 saturated carbocycles. The van der Waals surface area contributed by atoms with Crippen LogP contribution in [0.1, 0.15) is 10.5 Å². The molecule has 0 aliphatic heterocycles. The van der Waals surface area contributed by atoms with Crippen LogP contribution in [0.2, 0.25) is 0 Å². The maximum atomic E-state index is 12.3. The maximum absolute atomic E-state index is 12.3. The Morgan fingerprint density at radius 2 is 2.00 bits per heavy atom. The molecule has 0 unspecified atom stereocenters. The standard InChI is InChI=1S/C13H9BrN6O/c14-10-3-4-11(20-7-16-17-8-20)19-12(10)13(21)18-9-2-1-5-15-6-9/h1-8H,(H,18,21). The predicted octanol–water partition coefficient (Wildman–Crippen LogP) is 2.07. The number of hydrogen-bond acceptors (Lipinski definition) is 5. The van der Waals surface area contributed by atoms with Gasteiger partial charge in [-0.2, -0.15) is 0 Å². The van der Waals surface area contributed by atoms with Crippen LogP contribution in [0.4, 0.5) is 5.69 Å². The quantitative estimate of drug-likeness (QED) is 0.785. The molecule has 21 heavy (non-hydrogen) atoms. The molecule has 0 aliphatic carbocycles. The molecule has 3 aromatic heterocycles. The minimum atomic E-state index is -0.329. The number of carbonyl (C=O) groups is 1. The van der Waals surface area contributed by atoms with Crippen molar-refractivity contribution in [3.63, 3.8) is 0 Å². The second-order valence-corrected chi connectivity index (χ2v) is 4.92. The second-order valence-electron chi connectivity index (χ2n) is 4.06. The largest absolute Gasteiger partial charge is 0.319 e. The van der Waals surface area contributed by atoms with E-state index in [-0.39, 0.29) is 11.6 Å². The summed E-state index contributed by atoms with van der Waals surface area (Å²) in [7, 11) is 0. The molecule has 0 radical (unpaired) electrons. The molecular formula is C13H9BrN6O. The zero-order chi connectivity index (χ0) is 14.7. The van der Waals surface area contributed by atoms with E-state index in [1.165, 1.54) is 12.7 Å². The third kappa shape index (κ3) is 2.95. The minimum Gasteiger partial charge on any atom is -0.319 e. The van der Waals surface area contributed by atoms with E-state index in [1.54, 1.807) is 41.2 Å². The number of hydrogen-bond donors (Lipinski definition) is 1. The average molecular weight is 345 g/mol. The normalized spacial score (nSPS) is 10.3. The first-order valence-corrected chi connectivity index (χ1v) is 6.76. The summed E-state index contributed by atoms with van der Waals surface area (Å²) in [5, 5.41) is 10.2. The summed E-state index contributed by atoms with van der Waals surface area (Å²) in [6.07, 6.45) is 6.23. The Kier molecular flexibility index (Phi) is 3.69. The van der Waals surface area contributed by atoms with Crippen molar-refractivity contribution in [3.05, 3.63) is 59.5 Å². The number of nitrogens with zero attached hydrogens (tertiary/aromatic N) is 5. The molecule has 0 bridgehead atoms. The molecule has 104 valence electrons. The lowest BCUT2D eigenvalue weighted by molar-refractivity contribution is 0.102. The van der Waals surface area contributed by atoms with Crippen LogP contribution in [0.5, 0.6) is 0 Å². The zero-order valence-corrected chi connectivity index (χ0v) is 12.2. The second kappa shape index (κ2) is 5.80. The van der Waals surface area contributed by atoms with Gasteiger partial charge in [0.15, 0.2) is 0 Å². The first-order chi connectivity index (χ1) is 10.2. The molecule has 3 rings (SSSR count). The molecule has 0 fully saturated rings. The van der Waals surface area contributed by atoms with Crippen LogP contribution in [0.15, 0.2) is 53.8 Å². The number of rotatable bonds is 3.